The maximum atomic E-state index is 11.8. The Morgan fingerprint density at radius 2 is 1.90 bits per heavy atom. The van der Waals surface area contributed by atoms with Crippen LogP contribution in [0.15, 0.2) is 24.3 Å². The number of nitrogens with one attached hydrogen (secondary N) is 3. The molecule has 2 atom stereocenters. The van der Waals surface area contributed by atoms with Crippen LogP contribution in [0.4, 0.5) is 0 Å². The maximum Gasteiger partial charge on any atom is 0.242 e. The molecule has 0 radical (unpaired) electrons. The van der Waals surface area contributed by atoms with Crippen molar-refractivity contribution in [3.63, 3.8) is 0 Å². The summed E-state index contributed by atoms with van der Waals surface area (Å²) in [5.41, 5.74) is 0.934. The summed E-state index contributed by atoms with van der Waals surface area (Å²) in [4.78, 5) is 23.3. The van der Waals surface area contributed by atoms with Gasteiger partial charge in [-0.15, -0.1) is 0 Å². The molecule has 1 aromatic rings. The number of carbonyl (C=O) groups excluding carboxylic acids is 2. The zero-order valence-electron chi connectivity index (χ0n) is 12.6. The summed E-state index contributed by atoms with van der Waals surface area (Å²) in [6, 6.07) is 6.89. The first kappa shape index (κ1) is 17.5. The van der Waals surface area contributed by atoms with Gasteiger partial charge in [0, 0.05) is 17.6 Å². The molecule has 2 amide bonds. The number of likely N-dealkylation sites (N-methyl/N-ethyl adjacent to an activating group) is 1. The fraction of sp³-hybridized carbons (Fsp3) is 0.467. The second-order valence-corrected chi connectivity index (χ2v) is 5.22. The number of benzene rings is 1. The van der Waals surface area contributed by atoms with Crippen LogP contribution >= 0.6 is 11.6 Å². The molecule has 21 heavy (non-hydrogen) atoms. The van der Waals surface area contributed by atoms with Gasteiger partial charge in [-0.1, -0.05) is 29.8 Å². The Hall–Kier alpha value is -1.59. The largest absolute Gasteiger partial charge is 0.355 e. The first-order valence-electron chi connectivity index (χ1n) is 7.00. The number of carbonyl (C=O) groups is 2. The molecule has 0 bridgehead atoms. The van der Waals surface area contributed by atoms with Crippen LogP contribution in [-0.4, -0.2) is 30.9 Å². The summed E-state index contributed by atoms with van der Waals surface area (Å²) < 4.78 is 0. The molecule has 1 aromatic carbocycles. The quantitative estimate of drug-likeness (QED) is 0.717. The van der Waals surface area contributed by atoms with Crippen molar-refractivity contribution in [2.45, 2.75) is 32.9 Å². The molecule has 1 rings (SSSR count). The molecule has 6 heteroatoms. The van der Waals surface area contributed by atoms with Crippen LogP contribution in [0.25, 0.3) is 0 Å². The van der Waals surface area contributed by atoms with E-state index in [2.05, 4.69) is 16.0 Å². The highest BCUT2D eigenvalue weighted by Gasteiger charge is 2.15. The maximum absolute atomic E-state index is 11.8. The first-order chi connectivity index (χ1) is 9.95. The number of halogens is 1. The molecule has 0 fully saturated rings. The van der Waals surface area contributed by atoms with E-state index in [9.17, 15) is 9.59 Å². The molecule has 0 heterocycles. The zero-order chi connectivity index (χ0) is 15.8. The molecule has 3 N–H and O–H groups in total. The third kappa shape index (κ3) is 5.73. The van der Waals surface area contributed by atoms with E-state index in [0.717, 1.165) is 5.56 Å². The van der Waals surface area contributed by atoms with Crippen molar-refractivity contribution in [2.24, 2.45) is 0 Å². The van der Waals surface area contributed by atoms with Crippen molar-refractivity contribution in [1.29, 1.82) is 0 Å². The summed E-state index contributed by atoms with van der Waals surface area (Å²) in [6.07, 6.45) is 0. The van der Waals surface area contributed by atoms with Gasteiger partial charge >= 0.3 is 0 Å². The van der Waals surface area contributed by atoms with Crippen LogP contribution in [0.3, 0.4) is 0 Å². The molecule has 5 nitrogen and oxygen atoms in total. The minimum Gasteiger partial charge on any atom is -0.355 e. The van der Waals surface area contributed by atoms with Crippen molar-refractivity contribution in [2.75, 3.05) is 13.1 Å². The Morgan fingerprint density at radius 3 is 2.52 bits per heavy atom. The van der Waals surface area contributed by atoms with E-state index in [0.29, 0.717) is 11.6 Å². The second kappa shape index (κ2) is 8.64. The van der Waals surface area contributed by atoms with Crippen LogP contribution in [0.5, 0.6) is 0 Å². The van der Waals surface area contributed by atoms with Gasteiger partial charge in [0.1, 0.15) is 6.04 Å². The molecule has 0 saturated heterocycles. The van der Waals surface area contributed by atoms with E-state index in [1.54, 1.807) is 6.92 Å². The van der Waals surface area contributed by atoms with E-state index in [4.69, 9.17) is 11.6 Å². The summed E-state index contributed by atoms with van der Waals surface area (Å²) in [5, 5.41) is 9.05. The Morgan fingerprint density at radius 1 is 1.24 bits per heavy atom. The van der Waals surface area contributed by atoms with E-state index >= 15 is 0 Å². The van der Waals surface area contributed by atoms with E-state index in [-0.39, 0.29) is 24.4 Å². The van der Waals surface area contributed by atoms with Gasteiger partial charge in [-0.25, -0.2) is 0 Å². The number of hydrogen-bond acceptors (Lipinski definition) is 3. The average molecular weight is 312 g/mol. The summed E-state index contributed by atoms with van der Waals surface area (Å²) in [7, 11) is 0. The number of hydrogen-bond donors (Lipinski definition) is 3. The summed E-state index contributed by atoms with van der Waals surface area (Å²) >= 11 is 6.10. The lowest BCUT2D eigenvalue weighted by Crippen LogP contribution is -2.47. The van der Waals surface area contributed by atoms with Gasteiger partial charge in [-0.3, -0.25) is 9.59 Å². The molecule has 0 aliphatic rings. The Kier molecular flexibility index (Phi) is 7.19. The SMILES string of the molecule is CCNC(=O)[C@H](C)NC(=O)CN[C@H](C)c1ccccc1Cl. The zero-order valence-corrected chi connectivity index (χ0v) is 13.3. The van der Waals surface area contributed by atoms with E-state index < -0.39 is 6.04 Å². The minimum atomic E-state index is -0.546. The number of amides is 2. The van der Waals surface area contributed by atoms with Gasteiger partial charge in [0.15, 0.2) is 0 Å². The smallest absolute Gasteiger partial charge is 0.242 e. The van der Waals surface area contributed by atoms with Crippen LogP contribution in [0.2, 0.25) is 5.02 Å². The Labute approximate surface area is 130 Å². The van der Waals surface area contributed by atoms with Crippen LogP contribution in [-0.2, 0) is 9.59 Å². The number of rotatable bonds is 7. The Bertz CT molecular complexity index is 494. The summed E-state index contributed by atoms with van der Waals surface area (Å²) in [6.45, 7) is 6.08. The molecule has 0 aromatic heterocycles. The van der Waals surface area contributed by atoms with Crippen LogP contribution < -0.4 is 16.0 Å². The lowest BCUT2D eigenvalue weighted by Gasteiger charge is -2.17. The molecular weight excluding hydrogens is 290 g/mol. The van der Waals surface area contributed by atoms with Gasteiger partial charge in [-0.05, 0) is 32.4 Å². The van der Waals surface area contributed by atoms with Gasteiger partial charge in [0.2, 0.25) is 11.8 Å². The normalized spacial score (nSPS) is 13.3. The summed E-state index contributed by atoms with van der Waals surface area (Å²) in [5.74, 6) is -0.419. The van der Waals surface area contributed by atoms with Crippen molar-refractivity contribution in [3.8, 4) is 0 Å². The predicted octanol–water partition coefficient (Wildman–Crippen LogP) is 1.63. The second-order valence-electron chi connectivity index (χ2n) is 4.81. The lowest BCUT2D eigenvalue weighted by molar-refractivity contribution is -0.128. The topological polar surface area (TPSA) is 70.2 Å². The van der Waals surface area contributed by atoms with Crippen molar-refractivity contribution in [1.82, 2.24) is 16.0 Å². The molecule has 0 aliphatic carbocycles. The van der Waals surface area contributed by atoms with Crippen LogP contribution in [0, 0.1) is 0 Å². The third-order valence-corrected chi connectivity index (χ3v) is 3.41. The standard InChI is InChI=1S/C15H22ClN3O2/c1-4-17-15(21)11(3)19-14(20)9-18-10(2)12-7-5-6-8-13(12)16/h5-8,10-11,18H,4,9H2,1-3H3,(H,17,21)(H,19,20)/t10-,11+/m1/s1. The first-order valence-corrected chi connectivity index (χ1v) is 7.38. The molecule has 0 unspecified atom stereocenters. The molecule has 0 spiro atoms. The highest BCUT2D eigenvalue weighted by Crippen LogP contribution is 2.21. The molecule has 0 aliphatic heterocycles. The highest BCUT2D eigenvalue weighted by atomic mass is 35.5. The fourth-order valence-corrected chi connectivity index (χ4v) is 2.17. The van der Waals surface area contributed by atoms with Crippen molar-refractivity contribution >= 4 is 23.4 Å². The monoisotopic (exact) mass is 311 g/mol. The Balaban J connectivity index is 2.43. The van der Waals surface area contributed by atoms with Gasteiger partial charge in [0.05, 0.1) is 6.54 Å². The predicted molar refractivity (Wildman–Crippen MR) is 84.2 cm³/mol. The lowest BCUT2D eigenvalue weighted by atomic mass is 10.1. The van der Waals surface area contributed by atoms with Crippen molar-refractivity contribution in [3.05, 3.63) is 34.9 Å². The fourth-order valence-electron chi connectivity index (χ4n) is 1.87. The van der Waals surface area contributed by atoms with E-state index in [1.807, 2.05) is 38.1 Å². The third-order valence-electron chi connectivity index (χ3n) is 3.06. The molecular formula is C15H22ClN3O2. The van der Waals surface area contributed by atoms with Crippen molar-refractivity contribution < 1.29 is 9.59 Å². The average Bonchev–Trinajstić information content (AvgIpc) is 2.45. The highest BCUT2D eigenvalue weighted by molar-refractivity contribution is 6.31. The van der Waals surface area contributed by atoms with Gasteiger partial charge in [-0.2, -0.15) is 0 Å². The van der Waals surface area contributed by atoms with E-state index in [1.165, 1.54) is 0 Å². The van der Waals surface area contributed by atoms with Gasteiger partial charge in [0.25, 0.3) is 0 Å². The minimum absolute atomic E-state index is 0.0516. The van der Waals surface area contributed by atoms with Gasteiger partial charge < -0.3 is 16.0 Å². The van der Waals surface area contributed by atoms with Crippen LogP contribution in [0.1, 0.15) is 32.4 Å². The molecule has 116 valence electrons. The molecule has 0 saturated carbocycles.